The first-order valence-corrected chi connectivity index (χ1v) is 10.7. The van der Waals surface area contributed by atoms with Crippen LogP contribution in [0.25, 0.3) is 0 Å². The molecule has 0 aliphatic carbocycles. The van der Waals surface area contributed by atoms with Gasteiger partial charge < -0.3 is 14.7 Å². The van der Waals surface area contributed by atoms with E-state index in [4.69, 9.17) is 9.84 Å². The summed E-state index contributed by atoms with van der Waals surface area (Å²) in [4.78, 5) is 14.5. The first kappa shape index (κ1) is 18.7. The Morgan fingerprint density at radius 1 is 1.19 bits per heavy atom. The zero-order valence-corrected chi connectivity index (χ0v) is 15.4. The van der Waals surface area contributed by atoms with Crippen LogP contribution in [0.1, 0.15) is 12.8 Å². The number of aliphatic hydroxyl groups is 1. The van der Waals surface area contributed by atoms with E-state index in [1.54, 1.807) is 4.90 Å². The van der Waals surface area contributed by atoms with Crippen molar-refractivity contribution in [3.8, 4) is 0 Å². The molecule has 10 heteroatoms. The molecule has 7 nitrogen and oxygen atoms in total. The van der Waals surface area contributed by atoms with Gasteiger partial charge in [-0.1, -0.05) is 0 Å². The highest BCUT2D eigenvalue weighted by Gasteiger charge is 2.49. The molecule has 3 saturated heterocycles. The monoisotopic (exact) mass is 404 g/mol. The van der Waals surface area contributed by atoms with Crippen LogP contribution in [-0.2, 0) is 4.74 Å². The lowest BCUT2D eigenvalue weighted by Crippen LogP contribution is -2.52. The molecule has 3 aliphatic rings. The lowest BCUT2D eigenvalue weighted by molar-refractivity contribution is 0.0963. The largest absolute Gasteiger partial charge is 0.441 e. The van der Waals surface area contributed by atoms with Gasteiger partial charge in [-0.3, -0.25) is 14.0 Å². The lowest BCUT2D eigenvalue weighted by Gasteiger charge is -2.58. The molecule has 0 radical (unpaired) electrons. The van der Waals surface area contributed by atoms with Crippen molar-refractivity contribution >= 4 is 28.1 Å². The Morgan fingerprint density at radius 3 is 2.26 bits per heavy atom. The van der Waals surface area contributed by atoms with Gasteiger partial charge in [0.2, 0.25) is 0 Å². The number of halogens is 2. The van der Waals surface area contributed by atoms with Gasteiger partial charge in [-0.15, -0.1) is 0 Å². The van der Waals surface area contributed by atoms with Crippen molar-refractivity contribution < 1.29 is 32.5 Å². The maximum absolute atomic E-state index is 14.7. The second-order valence-corrected chi connectivity index (χ2v) is 9.82. The van der Waals surface area contributed by atoms with Crippen LogP contribution < -0.4 is 9.80 Å². The van der Waals surface area contributed by atoms with Crippen LogP contribution in [0.15, 0.2) is 12.1 Å². The van der Waals surface area contributed by atoms with E-state index < -0.39 is 34.4 Å². The van der Waals surface area contributed by atoms with Crippen molar-refractivity contribution in [3.63, 3.8) is 0 Å². The molecule has 27 heavy (non-hydrogen) atoms. The Balaban J connectivity index is 1.49. The SMILES string of the molecule is O=C1OC(CO)CN1c1cc(F)c(N2CCC3(CC2)CS(O)(O)C3)c(F)c1. The summed E-state index contributed by atoms with van der Waals surface area (Å²) in [5, 5.41) is 9.08. The third-order valence-electron chi connectivity index (χ3n) is 5.61. The van der Waals surface area contributed by atoms with Crippen LogP contribution in [0, 0.1) is 17.0 Å². The van der Waals surface area contributed by atoms with Gasteiger partial charge in [0.15, 0.2) is 11.6 Å². The number of cyclic esters (lactones) is 1. The fraction of sp³-hybridized carbons (Fsp3) is 0.588. The first-order valence-electron chi connectivity index (χ1n) is 8.79. The predicted octanol–water partition coefficient (Wildman–Crippen LogP) is 2.63. The quantitative estimate of drug-likeness (QED) is 0.717. The molecule has 4 rings (SSSR count). The molecule has 3 aliphatic heterocycles. The lowest BCUT2D eigenvalue weighted by atomic mass is 9.81. The summed E-state index contributed by atoms with van der Waals surface area (Å²) >= 11 is 0. The Kier molecular flexibility index (Phi) is 4.49. The Hall–Kier alpha value is -1.62. The number of aliphatic hydroxyl groups excluding tert-OH is 1. The van der Waals surface area contributed by atoms with Gasteiger partial charge in [0.05, 0.1) is 18.8 Å². The number of carbonyl (C=O) groups excluding carboxylic acids is 1. The summed E-state index contributed by atoms with van der Waals surface area (Å²) in [5.74, 6) is -0.778. The standard InChI is InChI=1S/C17H22F2N2O5S/c18-13-5-11(21-7-12(8-22)26-16(21)23)6-14(19)15(13)20-3-1-17(2-4-20)9-27(24,25)10-17/h5-6,12,22,24-25H,1-4,7-10H2. The summed E-state index contributed by atoms with van der Waals surface area (Å²) in [6.45, 7) is 0.541. The van der Waals surface area contributed by atoms with Crippen LogP contribution in [0.5, 0.6) is 0 Å². The number of nitrogens with zero attached hydrogens (tertiary/aromatic N) is 2. The molecule has 1 spiro atoms. The molecule has 1 atom stereocenters. The smallest absolute Gasteiger partial charge is 0.414 e. The van der Waals surface area contributed by atoms with Crippen LogP contribution in [0.2, 0.25) is 0 Å². The molecule has 0 saturated carbocycles. The van der Waals surface area contributed by atoms with Crippen molar-refractivity contribution in [3.05, 3.63) is 23.8 Å². The summed E-state index contributed by atoms with van der Waals surface area (Å²) in [6, 6.07) is 2.20. The van der Waals surface area contributed by atoms with Crippen molar-refractivity contribution in [2.45, 2.75) is 18.9 Å². The molecule has 3 heterocycles. The maximum Gasteiger partial charge on any atom is 0.414 e. The number of benzene rings is 1. The average molecular weight is 404 g/mol. The van der Waals surface area contributed by atoms with Gasteiger partial charge >= 0.3 is 6.09 Å². The molecule has 0 bridgehead atoms. The van der Waals surface area contributed by atoms with Crippen LogP contribution in [0.4, 0.5) is 25.0 Å². The zero-order chi connectivity index (χ0) is 19.4. The minimum absolute atomic E-state index is 0.0339. The summed E-state index contributed by atoms with van der Waals surface area (Å²) in [7, 11) is -2.45. The van der Waals surface area contributed by atoms with E-state index in [0.29, 0.717) is 37.4 Å². The highest BCUT2D eigenvalue weighted by atomic mass is 32.3. The molecule has 1 unspecified atom stereocenters. The fourth-order valence-corrected chi connectivity index (χ4v) is 6.72. The number of hydrogen-bond donors (Lipinski definition) is 3. The average Bonchev–Trinajstić information content (AvgIpc) is 2.95. The first-order chi connectivity index (χ1) is 12.7. The van der Waals surface area contributed by atoms with E-state index in [-0.39, 0.29) is 29.9 Å². The third-order valence-corrected chi connectivity index (χ3v) is 7.76. The molecule has 1 amide bonds. The molecular formula is C17H22F2N2O5S. The van der Waals surface area contributed by atoms with Gasteiger partial charge in [0.1, 0.15) is 11.8 Å². The van der Waals surface area contributed by atoms with Gasteiger partial charge in [0.25, 0.3) is 0 Å². The third kappa shape index (κ3) is 3.35. The molecule has 1 aromatic carbocycles. The molecule has 0 aromatic heterocycles. The Morgan fingerprint density at radius 2 is 1.78 bits per heavy atom. The Labute approximate surface area is 156 Å². The van der Waals surface area contributed by atoms with Crippen LogP contribution in [0.3, 0.4) is 0 Å². The Bertz CT molecular complexity index is 737. The van der Waals surface area contributed by atoms with Crippen molar-refractivity contribution in [1.29, 1.82) is 0 Å². The molecule has 3 N–H and O–H groups in total. The number of ether oxygens (including phenoxy) is 1. The fourth-order valence-electron chi connectivity index (χ4n) is 4.27. The summed E-state index contributed by atoms with van der Waals surface area (Å²) in [5.41, 5.74) is -0.206. The highest BCUT2D eigenvalue weighted by Crippen LogP contribution is 2.62. The van der Waals surface area contributed by atoms with E-state index >= 15 is 0 Å². The van der Waals surface area contributed by atoms with E-state index in [9.17, 15) is 22.7 Å². The second-order valence-electron chi connectivity index (χ2n) is 7.63. The highest BCUT2D eigenvalue weighted by molar-refractivity contribution is 8.25. The number of anilines is 2. The number of piperidine rings is 1. The van der Waals surface area contributed by atoms with Crippen LogP contribution in [-0.4, -0.2) is 64.2 Å². The summed E-state index contributed by atoms with van der Waals surface area (Å²) < 4.78 is 53.5. The maximum atomic E-state index is 14.7. The molecule has 3 fully saturated rings. The zero-order valence-electron chi connectivity index (χ0n) is 14.6. The van der Waals surface area contributed by atoms with Crippen LogP contribution >= 0.6 is 10.6 Å². The van der Waals surface area contributed by atoms with Gasteiger partial charge in [-0.25, -0.2) is 13.6 Å². The van der Waals surface area contributed by atoms with Crippen molar-refractivity contribution in [1.82, 2.24) is 0 Å². The minimum Gasteiger partial charge on any atom is -0.441 e. The van der Waals surface area contributed by atoms with Crippen molar-refractivity contribution in [2.24, 2.45) is 5.41 Å². The van der Waals surface area contributed by atoms with E-state index in [1.165, 1.54) is 0 Å². The van der Waals surface area contributed by atoms with Crippen molar-refractivity contribution in [2.75, 3.05) is 47.5 Å². The number of rotatable bonds is 3. The molecule has 1 aromatic rings. The van der Waals surface area contributed by atoms with E-state index in [1.807, 2.05) is 0 Å². The topological polar surface area (TPSA) is 93.5 Å². The number of carbonyl (C=O) groups is 1. The molecule has 150 valence electrons. The second kappa shape index (κ2) is 6.47. The van der Waals surface area contributed by atoms with E-state index in [0.717, 1.165) is 17.0 Å². The van der Waals surface area contributed by atoms with E-state index in [2.05, 4.69) is 0 Å². The van der Waals surface area contributed by atoms with Gasteiger partial charge in [-0.2, -0.15) is 10.6 Å². The number of amides is 1. The normalized spacial score (nSPS) is 27.4. The minimum atomic E-state index is -2.45. The predicted molar refractivity (Wildman–Crippen MR) is 97.5 cm³/mol. The number of hydrogen-bond acceptors (Lipinski definition) is 6. The van der Waals surface area contributed by atoms with Gasteiger partial charge in [-0.05, 0) is 12.8 Å². The van der Waals surface area contributed by atoms with Gasteiger partial charge in [0, 0.05) is 42.1 Å². The molecular weight excluding hydrogens is 382 g/mol. The summed E-state index contributed by atoms with van der Waals surface area (Å²) in [6.07, 6.45) is -0.152.